The molecule has 1 saturated carbocycles. The Kier molecular flexibility index (Phi) is 4.99. The van der Waals surface area contributed by atoms with Crippen molar-refractivity contribution in [3.05, 3.63) is 18.0 Å². The van der Waals surface area contributed by atoms with Gasteiger partial charge >= 0.3 is 0 Å². The van der Waals surface area contributed by atoms with E-state index in [1.54, 1.807) is 0 Å². The average molecular weight is 265 g/mol. The Morgan fingerprint density at radius 2 is 2.11 bits per heavy atom. The van der Waals surface area contributed by atoms with E-state index in [9.17, 15) is 5.11 Å². The molecule has 2 rings (SSSR count). The van der Waals surface area contributed by atoms with E-state index in [0.717, 1.165) is 18.8 Å². The third-order valence-electron chi connectivity index (χ3n) is 3.95. The summed E-state index contributed by atoms with van der Waals surface area (Å²) < 4.78 is 2.15. The number of aromatic nitrogens is 2. The summed E-state index contributed by atoms with van der Waals surface area (Å²) in [7, 11) is 0. The van der Waals surface area contributed by atoms with Crippen molar-refractivity contribution in [2.75, 3.05) is 13.2 Å². The minimum absolute atomic E-state index is 0.0636. The molecule has 0 unspecified atom stereocenters. The standard InChI is InChI=1S/C15H27N3O/c1-15(2,12-19)11-16-10-13-8-9-18(17-13)14-6-4-3-5-7-14/h8-9,14,16,19H,3-7,10-12H2,1-2H3. The highest BCUT2D eigenvalue weighted by Crippen LogP contribution is 2.27. The molecule has 4 heteroatoms. The number of aliphatic hydroxyl groups excluding tert-OH is 1. The molecule has 1 aromatic heterocycles. The molecule has 0 spiro atoms. The summed E-state index contributed by atoms with van der Waals surface area (Å²) in [6.45, 7) is 5.90. The first-order valence-corrected chi connectivity index (χ1v) is 7.46. The van der Waals surface area contributed by atoms with E-state index in [2.05, 4.69) is 41.2 Å². The fourth-order valence-corrected chi connectivity index (χ4v) is 2.61. The Labute approximate surface area is 116 Å². The number of aliphatic hydroxyl groups is 1. The third-order valence-corrected chi connectivity index (χ3v) is 3.95. The highest BCUT2D eigenvalue weighted by Gasteiger charge is 2.17. The molecule has 1 fully saturated rings. The van der Waals surface area contributed by atoms with Gasteiger partial charge in [0.15, 0.2) is 0 Å². The summed E-state index contributed by atoms with van der Waals surface area (Å²) in [6.07, 6.45) is 8.70. The van der Waals surface area contributed by atoms with Crippen LogP contribution in [-0.2, 0) is 6.54 Å². The molecule has 19 heavy (non-hydrogen) atoms. The molecule has 0 saturated heterocycles. The second-order valence-corrected chi connectivity index (χ2v) is 6.50. The molecule has 0 bridgehead atoms. The fraction of sp³-hybridized carbons (Fsp3) is 0.800. The molecule has 0 radical (unpaired) electrons. The average Bonchev–Trinajstić information content (AvgIpc) is 2.88. The van der Waals surface area contributed by atoms with Gasteiger partial charge in [0.2, 0.25) is 0 Å². The van der Waals surface area contributed by atoms with Crippen LogP contribution >= 0.6 is 0 Å². The minimum atomic E-state index is -0.0636. The molecule has 108 valence electrons. The van der Waals surface area contributed by atoms with Crippen LogP contribution in [0.15, 0.2) is 12.3 Å². The monoisotopic (exact) mass is 265 g/mol. The summed E-state index contributed by atoms with van der Waals surface area (Å²) >= 11 is 0. The zero-order chi connectivity index (χ0) is 13.7. The smallest absolute Gasteiger partial charge is 0.0762 e. The van der Waals surface area contributed by atoms with E-state index in [1.165, 1.54) is 32.1 Å². The van der Waals surface area contributed by atoms with Crippen LogP contribution in [-0.4, -0.2) is 28.0 Å². The predicted octanol–water partition coefficient (Wildman–Crippen LogP) is 2.50. The lowest BCUT2D eigenvalue weighted by atomic mass is 9.95. The van der Waals surface area contributed by atoms with Gasteiger partial charge in [0, 0.05) is 31.3 Å². The summed E-state index contributed by atoms with van der Waals surface area (Å²) in [5, 5.41) is 17.3. The zero-order valence-electron chi connectivity index (χ0n) is 12.2. The lowest BCUT2D eigenvalue weighted by molar-refractivity contribution is 0.156. The Balaban J connectivity index is 1.80. The van der Waals surface area contributed by atoms with Crippen molar-refractivity contribution in [3.8, 4) is 0 Å². The molecule has 1 heterocycles. The molecule has 0 aliphatic heterocycles. The van der Waals surface area contributed by atoms with E-state index in [0.29, 0.717) is 6.04 Å². The van der Waals surface area contributed by atoms with Crippen LogP contribution in [0.4, 0.5) is 0 Å². The van der Waals surface area contributed by atoms with Crippen molar-refractivity contribution in [1.82, 2.24) is 15.1 Å². The van der Waals surface area contributed by atoms with Crippen LogP contribution < -0.4 is 5.32 Å². The number of nitrogens with zero attached hydrogens (tertiary/aromatic N) is 2. The molecular formula is C15H27N3O. The first-order chi connectivity index (χ1) is 9.11. The van der Waals surface area contributed by atoms with Crippen LogP contribution in [0.25, 0.3) is 0 Å². The largest absolute Gasteiger partial charge is 0.396 e. The Morgan fingerprint density at radius 1 is 1.37 bits per heavy atom. The lowest BCUT2D eigenvalue weighted by Crippen LogP contribution is -2.32. The van der Waals surface area contributed by atoms with Gasteiger partial charge in [0.05, 0.1) is 11.7 Å². The highest BCUT2D eigenvalue weighted by molar-refractivity contribution is 5.00. The quantitative estimate of drug-likeness (QED) is 0.831. The van der Waals surface area contributed by atoms with E-state index < -0.39 is 0 Å². The van der Waals surface area contributed by atoms with E-state index in [-0.39, 0.29) is 12.0 Å². The predicted molar refractivity (Wildman–Crippen MR) is 76.9 cm³/mol. The van der Waals surface area contributed by atoms with Gasteiger partial charge in [-0.25, -0.2) is 0 Å². The van der Waals surface area contributed by atoms with Gasteiger partial charge in [-0.05, 0) is 18.9 Å². The van der Waals surface area contributed by atoms with Crippen molar-refractivity contribution in [2.24, 2.45) is 5.41 Å². The number of rotatable bonds is 6. The summed E-state index contributed by atoms with van der Waals surface area (Å²) in [5.41, 5.74) is 1.03. The Hall–Kier alpha value is -0.870. The second-order valence-electron chi connectivity index (χ2n) is 6.50. The van der Waals surface area contributed by atoms with Gasteiger partial charge in [0.1, 0.15) is 0 Å². The van der Waals surface area contributed by atoms with Crippen molar-refractivity contribution >= 4 is 0 Å². The van der Waals surface area contributed by atoms with Crippen LogP contribution in [0.2, 0.25) is 0 Å². The van der Waals surface area contributed by atoms with Crippen LogP contribution in [0, 0.1) is 5.41 Å². The van der Waals surface area contributed by atoms with E-state index in [4.69, 9.17) is 0 Å². The summed E-state index contributed by atoms with van der Waals surface area (Å²) in [5.74, 6) is 0. The second kappa shape index (κ2) is 6.53. The normalized spacial score (nSPS) is 17.8. The minimum Gasteiger partial charge on any atom is -0.396 e. The van der Waals surface area contributed by atoms with Crippen LogP contribution in [0.5, 0.6) is 0 Å². The fourth-order valence-electron chi connectivity index (χ4n) is 2.61. The maximum absolute atomic E-state index is 9.21. The Bertz CT molecular complexity index is 380. The van der Waals surface area contributed by atoms with Crippen molar-refractivity contribution in [2.45, 2.75) is 58.5 Å². The highest BCUT2D eigenvalue weighted by atomic mass is 16.3. The summed E-state index contributed by atoms with van der Waals surface area (Å²) in [4.78, 5) is 0. The molecule has 1 aromatic rings. The number of hydrogen-bond donors (Lipinski definition) is 2. The topological polar surface area (TPSA) is 50.1 Å². The maximum atomic E-state index is 9.21. The molecule has 0 aromatic carbocycles. The molecule has 2 N–H and O–H groups in total. The lowest BCUT2D eigenvalue weighted by Gasteiger charge is -2.22. The molecular weight excluding hydrogens is 238 g/mol. The Morgan fingerprint density at radius 3 is 2.79 bits per heavy atom. The summed E-state index contributed by atoms with van der Waals surface area (Å²) in [6, 6.07) is 2.71. The third kappa shape index (κ3) is 4.32. The van der Waals surface area contributed by atoms with Gasteiger partial charge in [0.25, 0.3) is 0 Å². The van der Waals surface area contributed by atoms with Crippen molar-refractivity contribution < 1.29 is 5.11 Å². The van der Waals surface area contributed by atoms with E-state index in [1.807, 2.05) is 0 Å². The van der Waals surface area contributed by atoms with Gasteiger partial charge in [-0.3, -0.25) is 4.68 Å². The molecule has 1 aliphatic rings. The molecule has 0 amide bonds. The number of hydrogen-bond acceptors (Lipinski definition) is 3. The van der Waals surface area contributed by atoms with Gasteiger partial charge in [-0.1, -0.05) is 33.1 Å². The first kappa shape index (κ1) is 14.5. The van der Waals surface area contributed by atoms with Crippen molar-refractivity contribution in [1.29, 1.82) is 0 Å². The van der Waals surface area contributed by atoms with Crippen LogP contribution in [0.3, 0.4) is 0 Å². The molecule has 0 atom stereocenters. The maximum Gasteiger partial charge on any atom is 0.0762 e. The first-order valence-electron chi connectivity index (χ1n) is 7.46. The van der Waals surface area contributed by atoms with Crippen LogP contribution in [0.1, 0.15) is 57.7 Å². The van der Waals surface area contributed by atoms with Crippen molar-refractivity contribution in [3.63, 3.8) is 0 Å². The van der Waals surface area contributed by atoms with Gasteiger partial charge in [-0.2, -0.15) is 5.10 Å². The molecule has 4 nitrogen and oxygen atoms in total. The SMILES string of the molecule is CC(C)(CO)CNCc1ccn(C2CCCCC2)n1. The zero-order valence-corrected chi connectivity index (χ0v) is 12.2. The van der Waals surface area contributed by atoms with E-state index >= 15 is 0 Å². The molecule has 1 aliphatic carbocycles. The number of nitrogens with one attached hydrogen (secondary N) is 1. The van der Waals surface area contributed by atoms with Gasteiger partial charge < -0.3 is 10.4 Å². The van der Waals surface area contributed by atoms with Gasteiger partial charge in [-0.15, -0.1) is 0 Å².